The fourth-order valence-corrected chi connectivity index (χ4v) is 8.84. The van der Waals surface area contributed by atoms with E-state index in [9.17, 15) is 27.9 Å². The standard InChI is InChI=1S/C42H47F3N4O4/c43-42(44,45)41(16-22-49(23-17-41)31-26-53-27-31)39(52)47-36(38(50)51)25-30-5-1-7-33-32(30)6-2-8-34(33)37-35-24-28(9-10-29(35)11-18-46-37)4-3-19-48-20-14-40(12-13-40)15-21-48/h1-2,5-11,18,24,31,36H,3-4,12-17,19-23,25-27H2,(H,47,52)(H,50,51)/t36-/m0/s1. The largest absolute Gasteiger partial charge is 0.480 e. The number of ether oxygens (including phenoxy) is 1. The third-order valence-electron chi connectivity index (χ3n) is 12.7. The minimum atomic E-state index is -4.82. The Labute approximate surface area is 307 Å². The van der Waals surface area contributed by atoms with Gasteiger partial charge in [-0.25, -0.2) is 4.79 Å². The highest BCUT2D eigenvalue weighted by molar-refractivity contribution is 6.05. The summed E-state index contributed by atoms with van der Waals surface area (Å²) in [5.41, 5.74) is 1.59. The summed E-state index contributed by atoms with van der Waals surface area (Å²) >= 11 is 0. The number of pyridine rings is 1. The van der Waals surface area contributed by atoms with E-state index < -0.39 is 42.4 Å². The normalized spacial score (nSPS) is 21.0. The van der Waals surface area contributed by atoms with Crippen LogP contribution in [0.5, 0.6) is 0 Å². The van der Waals surface area contributed by atoms with Crippen molar-refractivity contribution in [2.45, 2.75) is 76.0 Å². The van der Waals surface area contributed by atoms with E-state index in [0.717, 1.165) is 52.2 Å². The number of carbonyl (C=O) groups is 2. The lowest BCUT2D eigenvalue weighted by atomic mass is 9.76. The van der Waals surface area contributed by atoms with Crippen molar-refractivity contribution in [2.75, 3.05) is 45.9 Å². The van der Waals surface area contributed by atoms with Gasteiger partial charge in [0, 0.05) is 23.6 Å². The van der Waals surface area contributed by atoms with E-state index in [1.165, 1.54) is 44.3 Å². The SMILES string of the molecule is O=C(O)[C@H](Cc1cccc2c(-c3nccc4ccc(CCCN5CCC6(CC5)CC6)cc34)cccc12)NC(=O)C1(C(F)(F)F)CCN(C2COC2)CC1. The van der Waals surface area contributed by atoms with Crippen LogP contribution in [0.1, 0.15) is 56.1 Å². The van der Waals surface area contributed by atoms with Gasteiger partial charge in [0.15, 0.2) is 0 Å². The van der Waals surface area contributed by atoms with Gasteiger partial charge < -0.3 is 20.1 Å². The maximum atomic E-state index is 14.6. The number of hydrogen-bond donors (Lipinski definition) is 2. The molecule has 2 N–H and O–H groups in total. The second-order valence-corrected chi connectivity index (χ2v) is 15.9. The number of aromatic nitrogens is 1. The van der Waals surface area contributed by atoms with Crippen LogP contribution < -0.4 is 5.32 Å². The Bertz CT molecular complexity index is 1990. The van der Waals surface area contributed by atoms with Crippen LogP contribution in [0.2, 0.25) is 0 Å². The van der Waals surface area contributed by atoms with Crippen LogP contribution in [0.4, 0.5) is 13.2 Å². The van der Waals surface area contributed by atoms with E-state index in [1.807, 2.05) is 41.3 Å². The van der Waals surface area contributed by atoms with Gasteiger partial charge in [-0.05, 0) is 129 Å². The molecule has 53 heavy (non-hydrogen) atoms. The average Bonchev–Trinajstić information content (AvgIpc) is 3.89. The highest BCUT2D eigenvalue weighted by Gasteiger charge is 2.61. The zero-order chi connectivity index (χ0) is 36.8. The number of carbonyl (C=O) groups excluding carboxylic acids is 1. The summed E-state index contributed by atoms with van der Waals surface area (Å²) in [6.45, 7) is 4.63. The van der Waals surface area contributed by atoms with Gasteiger partial charge in [-0.15, -0.1) is 0 Å². The molecule has 3 aromatic carbocycles. The van der Waals surface area contributed by atoms with E-state index in [-0.39, 0.29) is 25.6 Å². The van der Waals surface area contributed by atoms with Gasteiger partial charge in [0.2, 0.25) is 5.91 Å². The number of hydrogen-bond acceptors (Lipinski definition) is 6. The zero-order valence-corrected chi connectivity index (χ0v) is 30.0. The number of carboxylic acid groups (broad SMARTS) is 1. The monoisotopic (exact) mass is 728 g/mol. The van der Waals surface area contributed by atoms with Crippen LogP contribution >= 0.6 is 0 Å². The Kier molecular flexibility index (Phi) is 9.70. The smallest absolute Gasteiger partial charge is 0.403 e. The summed E-state index contributed by atoms with van der Waals surface area (Å²) in [7, 11) is 0. The van der Waals surface area contributed by atoms with Crippen molar-refractivity contribution >= 4 is 33.4 Å². The third kappa shape index (κ3) is 7.15. The van der Waals surface area contributed by atoms with Gasteiger partial charge in [0.1, 0.15) is 11.5 Å². The minimum absolute atomic E-state index is 0.0580. The Balaban J connectivity index is 1.01. The van der Waals surface area contributed by atoms with E-state index in [2.05, 4.69) is 28.4 Å². The number of halogens is 3. The number of likely N-dealkylation sites (tertiary alicyclic amines) is 2. The molecule has 1 aliphatic carbocycles. The lowest BCUT2D eigenvalue weighted by Crippen LogP contribution is -2.61. The van der Waals surface area contributed by atoms with Gasteiger partial charge in [-0.2, -0.15) is 13.2 Å². The topological polar surface area (TPSA) is 95.0 Å². The fourth-order valence-electron chi connectivity index (χ4n) is 8.84. The molecule has 0 bridgehead atoms. The molecular weight excluding hydrogens is 681 g/mol. The predicted octanol–water partition coefficient (Wildman–Crippen LogP) is 7.02. The van der Waals surface area contributed by atoms with Gasteiger partial charge in [0.25, 0.3) is 0 Å². The van der Waals surface area contributed by atoms with Gasteiger partial charge in [0.05, 0.1) is 24.9 Å². The molecule has 8 nitrogen and oxygen atoms in total. The predicted molar refractivity (Wildman–Crippen MR) is 198 cm³/mol. The Hall–Kier alpha value is -4.06. The van der Waals surface area contributed by atoms with Gasteiger partial charge >= 0.3 is 12.1 Å². The van der Waals surface area contributed by atoms with Crippen molar-refractivity contribution in [1.82, 2.24) is 20.1 Å². The molecular formula is C42H47F3N4O4. The van der Waals surface area contributed by atoms with E-state index in [4.69, 9.17) is 9.72 Å². The number of aryl methyl sites for hydroxylation is 1. The summed E-state index contributed by atoms with van der Waals surface area (Å²) in [4.78, 5) is 35.4. The molecule has 280 valence electrons. The molecule has 1 spiro atoms. The molecule has 1 aromatic heterocycles. The molecule has 4 fully saturated rings. The number of alkyl halides is 3. The molecule has 4 heterocycles. The number of amides is 1. The highest BCUT2D eigenvalue weighted by atomic mass is 19.4. The minimum Gasteiger partial charge on any atom is -0.480 e. The summed E-state index contributed by atoms with van der Waals surface area (Å²) in [6, 6.07) is 18.4. The number of rotatable bonds is 11. The molecule has 4 aromatic rings. The summed E-state index contributed by atoms with van der Waals surface area (Å²) in [5.74, 6) is -2.66. The Morgan fingerprint density at radius 2 is 1.64 bits per heavy atom. The van der Waals surface area contributed by atoms with Crippen LogP contribution in [0.3, 0.4) is 0 Å². The van der Waals surface area contributed by atoms with Gasteiger partial charge in [-0.1, -0.05) is 48.5 Å². The Morgan fingerprint density at radius 1 is 0.906 bits per heavy atom. The van der Waals surface area contributed by atoms with E-state index >= 15 is 0 Å². The Morgan fingerprint density at radius 3 is 2.32 bits per heavy atom. The fraction of sp³-hybridized carbons (Fsp3) is 0.500. The number of nitrogens with zero attached hydrogens (tertiary/aromatic N) is 3. The molecule has 0 unspecified atom stereocenters. The lowest BCUT2D eigenvalue weighted by Gasteiger charge is -2.46. The number of piperidine rings is 2. The summed E-state index contributed by atoms with van der Waals surface area (Å²) < 4.78 is 49.0. The van der Waals surface area contributed by atoms with Crippen molar-refractivity contribution in [3.05, 3.63) is 78.0 Å². The number of nitrogens with one attached hydrogen (secondary N) is 1. The van der Waals surface area contributed by atoms with E-state index in [1.54, 1.807) is 12.3 Å². The highest BCUT2D eigenvalue weighted by Crippen LogP contribution is 2.53. The molecule has 11 heteroatoms. The van der Waals surface area contributed by atoms with Gasteiger partial charge in [-0.3, -0.25) is 14.7 Å². The first-order valence-electron chi connectivity index (χ1n) is 19.1. The van der Waals surface area contributed by atoms with E-state index in [0.29, 0.717) is 24.2 Å². The quantitative estimate of drug-likeness (QED) is 0.172. The second-order valence-electron chi connectivity index (χ2n) is 15.9. The molecule has 1 amide bonds. The van der Waals surface area contributed by atoms with Crippen molar-refractivity contribution in [2.24, 2.45) is 10.8 Å². The maximum Gasteiger partial charge on any atom is 0.403 e. The first kappa shape index (κ1) is 35.9. The van der Waals surface area contributed by atoms with Crippen molar-refractivity contribution in [3.8, 4) is 11.3 Å². The van der Waals surface area contributed by atoms with Crippen molar-refractivity contribution in [1.29, 1.82) is 0 Å². The molecule has 1 saturated carbocycles. The zero-order valence-electron chi connectivity index (χ0n) is 30.0. The van der Waals surface area contributed by atoms with Crippen LogP contribution in [-0.4, -0.2) is 96.0 Å². The second kappa shape index (κ2) is 14.3. The van der Waals surface area contributed by atoms with Crippen LogP contribution in [0.15, 0.2) is 66.9 Å². The van der Waals surface area contributed by atoms with Crippen LogP contribution in [0.25, 0.3) is 32.8 Å². The van der Waals surface area contributed by atoms with Crippen molar-refractivity contribution < 1.29 is 32.6 Å². The molecule has 1 atom stereocenters. The molecule has 8 rings (SSSR count). The van der Waals surface area contributed by atoms with Crippen LogP contribution in [-0.2, 0) is 27.2 Å². The van der Waals surface area contributed by atoms with Crippen LogP contribution in [0, 0.1) is 10.8 Å². The number of aliphatic carboxylic acids is 1. The summed E-state index contributed by atoms with van der Waals surface area (Å²) in [6.07, 6.45) is 3.50. The molecule has 3 saturated heterocycles. The first-order chi connectivity index (χ1) is 25.5. The number of benzene rings is 3. The summed E-state index contributed by atoms with van der Waals surface area (Å²) in [5, 5.41) is 16.2. The molecule has 3 aliphatic heterocycles. The average molecular weight is 729 g/mol. The number of fused-ring (bicyclic) bond motifs is 2. The molecule has 4 aliphatic rings. The lowest BCUT2D eigenvalue weighted by molar-refractivity contribution is -0.236. The third-order valence-corrected chi connectivity index (χ3v) is 12.7. The number of carboxylic acids is 1. The first-order valence-corrected chi connectivity index (χ1v) is 19.1. The molecule has 0 radical (unpaired) electrons. The maximum absolute atomic E-state index is 14.6. The van der Waals surface area contributed by atoms with Crippen molar-refractivity contribution in [3.63, 3.8) is 0 Å².